The third-order valence-corrected chi connectivity index (χ3v) is 3.42. The van der Waals surface area contributed by atoms with E-state index in [2.05, 4.69) is 0 Å². The van der Waals surface area contributed by atoms with Crippen LogP contribution in [0.1, 0.15) is 18.5 Å². The van der Waals surface area contributed by atoms with E-state index < -0.39 is 17.7 Å². The minimum Gasteiger partial charge on any atom is -0.363 e. The number of nitrogens with two attached hydrogens (primary N) is 1. The number of hydrogen-bond donors (Lipinski definition) is 1. The van der Waals surface area contributed by atoms with Crippen molar-refractivity contribution in [2.75, 3.05) is 18.0 Å². The summed E-state index contributed by atoms with van der Waals surface area (Å²) < 4.78 is 40.0. The smallest absolute Gasteiger partial charge is 0.131 e. The largest absolute Gasteiger partial charge is 0.363 e. The molecule has 0 aliphatic carbocycles. The third-order valence-electron chi connectivity index (χ3n) is 3.42. The lowest BCUT2D eigenvalue weighted by Gasteiger charge is -2.32. The van der Waals surface area contributed by atoms with Gasteiger partial charge in [-0.1, -0.05) is 6.07 Å². The van der Waals surface area contributed by atoms with Gasteiger partial charge in [-0.3, -0.25) is 0 Å². The average molecular weight is 294 g/mol. The molecule has 0 amide bonds. The molecule has 1 unspecified atom stereocenters. The lowest BCUT2D eigenvalue weighted by atomic mass is 10.0. The van der Waals surface area contributed by atoms with Crippen LogP contribution in [-0.2, 0) is 0 Å². The molecular weight excluding hydrogens is 277 g/mol. The van der Waals surface area contributed by atoms with E-state index in [9.17, 15) is 13.2 Å². The Morgan fingerprint density at radius 3 is 2.14 bits per heavy atom. The molecule has 0 bridgehead atoms. The fraction of sp³-hybridized carbons (Fsp3) is 0.250. The molecule has 0 spiro atoms. The van der Waals surface area contributed by atoms with Crippen LogP contribution in [0.2, 0.25) is 0 Å². The summed E-state index contributed by atoms with van der Waals surface area (Å²) in [5, 5.41) is 0. The van der Waals surface area contributed by atoms with Crippen LogP contribution in [0.15, 0.2) is 42.5 Å². The number of nitrogens with zero attached hydrogens (tertiary/aromatic N) is 1. The number of benzene rings is 2. The van der Waals surface area contributed by atoms with Gasteiger partial charge in [-0.15, -0.1) is 0 Å². The molecule has 112 valence electrons. The van der Waals surface area contributed by atoms with Crippen molar-refractivity contribution in [3.63, 3.8) is 0 Å². The second-order valence-electron chi connectivity index (χ2n) is 4.68. The summed E-state index contributed by atoms with van der Waals surface area (Å²) in [6.45, 7) is 2.62. The molecule has 0 aliphatic rings. The Labute approximate surface area is 122 Å². The van der Waals surface area contributed by atoms with Crippen molar-refractivity contribution in [1.29, 1.82) is 0 Å². The normalized spacial score (nSPS) is 12.2. The molecule has 1 atom stereocenters. The van der Waals surface area contributed by atoms with Crippen LogP contribution in [0.25, 0.3) is 0 Å². The van der Waals surface area contributed by atoms with E-state index in [0.29, 0.717) is 12.1 Å². The van der Waals surface area contributed by atoms with E-state index in [-0.39, 0.29) is 12.4 Å². The summed E-state index contributed by atoms with van der Waals surface area (Å²) >= 11 is 0. The van der Waals surface area contributed by atoms with Crippen LogP contribution in [0, 0.1) is 17.5 Å². The predicted molar refractivity (Wildman–Crippen MR) is 77.6 cm³/mol. The molecule has 2 rings (SSSR count). The lowest BCUT2D eigenvalue weighted by molar-refractivity contribution is 0.542. The average Bonchev–Trinajstić information content (AvgIpc) is 2.47. The zero-order valence-electron chi connectivity index (χ0n) is 11.7. The van der Waals surface area contributed by atoms with Crippen LogP contribution in [0.5, 0.6) is 0 Å². The topological polar surface area (TPSA) is 29.3 Å². The van der Waals surface area contributed by atoms with Crippen molar-refractivity contribution in [1.82, 2.24) is 0 Å². The highest BCUT2D eigenvalue weighted by molar-refractivity contribution is 5.49. The summed E-state index contributed by atoms with van der Waals surface area (Å²) in [7, 11) is 0. The Hall–Kier alpha value is -2.01. The molecule has 2 nitrogen and oxygen atoms in total. The van der Waals surface area contributed by atoms with E-state index in [4.69, 9.17) is 5.73 Å². The Balaban J connectivity index is 2.39. The van der Waals surface area contributed by atoms with Gasteiger partial charge in [0.25, 0.3) is 0 Å². The maximum absolute atomic E-state index is 14.0. The highest BCUT2D eigenvalue weighted by Crippen LogP contribution is 2.28. The number of halogens is 3. The number of likely N-dealkylation sites (N-methyl/N-ethyl adjacent to an activating group) is 1. The SMILES string of the molecule is CCN(c1ccc(F)cc1)C(CN)c1ccc(F)cc1F. The molecule has 5 heteroatoms. The fourth-order valence-electron chi connectivity index (χ4n) is 2.41. The minimum absolute atomic E-state index is 0.160. The molecule has 2 aromatic rings. The van der Waals surface area contributed by atoms with Crippen molar-refractivity contribution in [3.05, 3.63) is 65.5 Å². The van der Waals surface area contributed by atoms with Gasteiger partial charge in [0.05, 0.1) is 6.04 Å². The van der Waals surface area contributed by atoms with Crippen LogP contribution in [0.3, 0.4) is 0 Å². The van der Waals surface area contributed by atoms with Gasteiger partial charge >= 0.3 is 0 Å². The van der Waals surface area contributed by atoms with Gasteiger partial charge in [0, 0.05) is 30.4 Å². The Kier molecular flexibility index (Phi) is 4.85. The molecule has 0 saturated heterocycles. The molecule has 2 N–H and O–H groups in total. The van der Waals surface area contributed by atoms with Gasteiger partial charge in [0.15, 0.2) is 0 Å². The van der Waals surface area contributed by atoms with Crippen LogP contribution in [-0.4, -0.2) is 13.1 Å². The maximum atomic E-state index is 14.0. The van der Waals surface area contributed by atoms with E-state index in [1.54, 1.807) is 12.1 Å². The zero-order chi connectivity index (χ0) is 15.4. The Morgan fingerprint density at radius 1 is 1.00 bits per heavy atom. The third kappa shape index (κ3) is 3.36. The second kappa shape index (κ2) is 6.63. The first-order valence-electron chi connectivity index (χ1n) is 6.74. The quantitative estimate of drug-likeness (QED) is 0.912. The molecule has 0 heterocycles. The van der Waals surface area contributed by atoms with Crippen LogP contribution >= 0.6 is 0 Å². The van der Waals surface area contributed by atoms with E-state index in [0.717, 1.165) is 11.8 Å². The summed E-state index contributed by atoms with van der Waals surface area (Å²) in [5.74, 6) is -1.60. The van der Waals surface area contributed by atoms with Crippen molar-refractivity contribution in [2.24, 2.45) is 5.73 Å². The molecule has 21 heavy (non-hydrogen) atoms. The van der Waals surface area contributed by atoms with Crippen LogP contribution < -0.4 is 10.6 Å². The summed E-state index contributed by atoms with van der Waals surface area (Å²) in [4.78, 5) is 1.86. The molecule has 0 aromatic heterocycles. The van der Waals surface area contributed by atoms with Crippen LogP contribution in [0.4, 0.5) is 18.9 Å². The number of hydrogen-bond acceptors (Lipinski definition) is 2. The number of anilines is 1. The molecular formula is C16H17F3N2. The van der Waals surface area contributed by atoms with Gasteiger partial charge in [-0.25, -0.2) is 13.2 Å². The Morgan fingerprint density at radius 2 is 1.62 bits per heavy atom. The first-order valence-corrected chi connectivity index (χ1v) is 6.74. The highest BCUT2D eigenvalue weighted by atomic mass is 19.1. The van der Waals surface area contributed by atoms with Gasteiger partial charge in [0.2, 0.25) is 0 Å². The Bertz CT molecular complexity index is 599. The van der Waals surface area contributed by atoms with E-state index >= 15 is 0 Å². The molecule has 0 radical (unpaired) electrons. The van der Waals surface area contributed by atoms with E-state index in [1.807, 2.05) is 11.8 Å². The zero-order valence-corrected chi connectivity index (χ0v) is 11.7. The standard InChI is InChI=1S/C16H17F3N2/c1-2-21(13-6-3-11(17)4-7-13)16(10-20)14-8-5-12(18)9-15(14)19/h3-9,16H,2,10,20H2,1H3. The first-order chi connectivity index (χ1) is 10.1. The fourth-order valence-corrected chi connectivity index (χ4v) is 2.41. The van der Waals surface area contributed by atoms with Crippen molar-refractivity contribution >= 4 is 5.69 Å². The predicted octanol–water partition coefficient (Wildman–Crippen LogP) is 3.63. The van der Waals surface area contributed by atoms with Gasteiger partial charge in [-0.2, -0.15) is 0 Å². The lowest BCUT2D eigenvalue weighted by Crippen LogP contribution is -2.34. The van der Waals surface area contributed by atoms with Crippen molar-refractivity contribution in [3.8, 4) is 0 Å². The summed E-state index contributed by atoms with van der Waals surface area (Å²) in [5.41, 5.74) is 6.84. The minimum atomic E-state index is -0.633. The van der Waals surface area contributed by atoms with Crippen molar-refractivity contribution < 1.29 is 13.2 Å². The number of rotatable bonds is 5. The van der Waals surface area contributed by atoms with Gasteiger partial charge < -0.3 is 10.6 Å². The molecule has 0 fully saturated rings. The van der Waals surface area contributed by atoms with Gasteiger partial charge in [0.1, 0.15) is 17.5 Å². The van der Waals surface area contributed by atoms with Crippen molar-refractivity contribution in [2.45, 2.75) is 13.0 Å². The van der Waals surface area contributed by atoms with E-state index in [1.165, 1.54) is 24.3 Å². The summed E-state index contributed by atoms with van der Waals surface area (Å²) in [6.07, 6.45) is 0. The summed E-state index contributed by atoms with van der Waals surface area (Å²) in [6, 6.07) is 8.91. The second-order valence-corrected chi connectivity index (χ2v) is 4.68. The highest BCUT2D eigenvalue weighted by Gasteiger charge is 2.21. The molecule has 0 saturated carbocycles. The maximum Gasteiger partial charge on any atom is 0.131 e. The first kappa shape index (κ1) is 15.4. The molecule has 2 aromatic carbocycles. The molecule has 0 aliphatic heterocycles. The van der Waals surface area contributed by atoms with Gasteiger partial charge in [-0.05, 0) is 37.3 Å². The monoisotopic (exact) mass is 294 g/mol.